The van der Waals surface area contributed by atoms with Gasteiger partial charge >= 0.3 is 0 Å². The van der Waals surface area contributed by atoms with E-state index >= 15 is 0 Å². The van der Waals surface area contributed by atoms with Crippen LogP contribution >= 0.6 is 0 Å². The van der Waals surface area contributed by atoms with Crippen molar-refractivity contribution in [1.82, 2.24) is 9.88 Å². The summed E-state index contributed by atoms with van der Waals surface area (Å²) in [5.74, 6) is -2.99. The molecule has 140 valence electrons. The van der Waals surface area contributed by atoms with E-state index in [0.717, 1.165) is 12.1 Å². The monoisotopic (exact) mass is 367 g/mol. The van der Waals surface area contributed by atoms with Gasteiger partial charge in [0.2, 0.25) is 0 Å². The first-order valence-electron chi connectivity index (χ1n) is 8.07. The van der Waals surface area contributed by atoms with Gasteiger partial charge in [0.1, 0.15) is 0 Å². The Hall–Kier alpha value is -2.36. The van der Waals surface area contributed by atoms with E-state index in [-0.39, 0.29) is 30.4 Å². The van der Waals surface area contributed by atoms with E-state index in [4.69, 9.17) is 10.5 Å². The molecular formula is C17H19F2N3O4. The number of nitrogens with two attached hydrogens (primary N) is 1. The number of pyridine rings is 1. The van der Waals surface area contributed by atoms with Gasteiger partial charge in [-0.1, -0.05) is 6.92 Å². The van der Waals surface area contributed by atoms with Gasteiger partial charge in [0.15, 0.2) is 17.4 Å². The van der Waals surface area contributed by atoms with Gasteiger partial charge in [-0.3, -0.25) is 15.3 Å². The summed E-state index contributed by atoms with van der Waals surface area (Å²) < 4.78 is 32.8. The Bertz CT molecular complexity index is 942. The molecule has 3 rings (SSSR count). The van der Waals surface area contributed by atoms with Crippen LogP contribution in [0.4, 0.5) is 8.78 Å². The molecule has 0 aliphatic carbocycles. The van der Waals surface area contributed by atoms with Crippen molar-refractivity contribution in [3.8, 4) is 0 Å². The molecule has 0 fully saturated rings. The lowest BCUT2D eigenvalue weighted by Gasteiger charge is -2.36. The van der Waals surface area contributed by atoms with E-state index in [0.29, 0.717) is 11.3 Å². The van der Waals surface area contributed by atoms with E-state index in [1.807, 2.05) is 0 Å². The molecule has 2 aromatic rings. The first-order chi connectivity index (χ1) is 12.2. The van der Waals surface area contributed by atoms with Crippen LogP contribution in [0.25, 0.3) is 10.8 Å². The molecule has 9 heteroatoms. The first kappa shape index (κ1) is 18.4. The zero-order valence-electron chi connectivity index (χ0n) is 14.3. The summed E-state index contributed by atoms with van der Waals surface area (Å²) in [4.78, 5) is 28.5. The Balaban J connectivity index is 2.20. The van der Waals surface area contributed by atoms with Gasteiger partial charge in [-0.25, -0.2) is 8.78 Å². The van der Waals surface area contributed by atoms with Gasteiger partial charge in [-0.15, -0.1) is 0 Å². The van der Waals surface area contributed by atoms with Crippen molar-refractivity contribution in [2.45, 2.75) is 31.7 Å². The van der Waals surface area contributed by atoms with Crippen LogP contribution in [0.5, 0.6) is 0 Å². The number of hydrogen-bond donors (Lipinski definition) is 3. The minimum absolute atomic E-state index is 0.0111. The summed E-state index contributed by atoms with van der Waals surface area (Å²) in [5.41, 5.74) is 3.77. The number of rotatable bonds is 3. The van der Waals surface area contributed by atoms with Crippen molar-refractivity contribution in [2.24, 2.45) is 5.73 Å². The average molecular weight is 367 g/mol. The third-order valence-electron chi connectivity index (χ3n) is 4.74. The standard InChI is InChI=1S/C17H19F2N3O4/c1-3-17(20,25)16(24)22(2)13-7-26-6-12-14(13)8-4-10(18)11(19)5-9(8)15(23)21-12/h4-5,13,25H,3,6-7,20H2,1-2H3,(H,21,23)/t13-,17+/m1/s1. The Morgan fingerprint density at radius 3 is 2.65 bits per heavy atom. The van der Waals surface area contributed by atoms with Crippen molar-refractivity contribution in [1.29, 1.82) is 0 Å². The molecular weight excluding hydrogens is 348 g/mol. The first-order valence-corrected chi connectivity index (χ1v) is 8.07. The van der Waals surface area contributed by atoms with Crippen LogP contribution in [0.15, 0.2) is 16.9 Å². The van der Waals surface area contributed by atoms with Crippen LogP contribution in [-0.4, -0.2) is 40.3 Å². The molecule has 0 bridgehead atoms. The molecule has 26 heavy (non-hydrogen) atoms. The van der Waals surface area contributed by atoms with Gasteiger partial charge in [-0.2, -0.15) is 0 Å². The van der Waals surface area contributed by atoms with E-state index < -0.39 is 34.9 Å². The summed E-state index contributed by atoms with van der Waals surface area (Å²) in [7, 11) is 1.43. The summed E-state index contributed by atoms with van der Waals surface area (Å²) in [5, 5.41) is 10.2. The largest absolute Gasteiger partial charge is 0.373 e. The number of nitrogens with zero attached hydrogens (tertiary/aromatic N) is 1. The number of halogens is 2. The molecule has 0 saturated carbocycles. The minimum Gasteiger partial charge on any atom is -0.373 e. The lowest BCUT2D eigenvalue weighted by Crippen LogP contribution is -2.55. The highest BCUT2D eigenvalue weighted by Crippen LogP contribution is 2.34. The molecule has 4 N–H and O–H groups in total. The minimum atomic E-state index is -2.07. The highest BCUT2D eigenvalue weighted by atomic mass is 19.2. The predicted octanol–water partition coefficient (Wildman–Crippen LogP) is 0.893. The van der Waals surface area contributed by atoms with E-state index in [9.17, 15) is 23.5 Å². The second kappa shape index (κ2) is 6.42. The highest BCUT2D eigenvalue weighted by molar-refractivity contribution is 5.88. The number of nitrogens with one attached hydrogen (secondary N) is 1. The van der Waals surface area contributed by atoms with E-state index in [1.165, 1.54) is 11.9 Å². The van der Waals surface area contributed by atoms with Crippen LogP contribution in [0.3, 0.4) is 0 Å². The Morgan fingerprint density at radius 1 is 1.42 bits per heavy atom. The smallest absolute Gasteiger partial charge is 0.269 e. The lowest BCUT2D eigenvalue weighted by atomic mass is 9.94. The number of aromatic amines is 1. The van der Waals surface area contributed by atoms with Crippen molar-refractivity contribution in [2.75, 3.05) is 13.7 Å². The fraction of sp³-hybridized carbons (Fsp3) is 0.412. The Kier molecular flexibility index (Phi) is 4.55. The third-order valence-corrected chi connectivity index (χ3v) is 4.74. The second-order valence-corrected chi connectivity index (χ2v) is 6.38. The summed E-state index contributed by atoms with van der Waals surface area (Å²) in [6.45, 7) is 1.66. The zero-order valence-corrected chi connectivity index (χ0v) is 14.3. The maximum Gasteiger partial charge on any atom is 0.269 e. The highest BCUT2D eigenvalue weighted by Gasteiger charge is 2.38. The number of carbonyl (C=O) groups is 1. The number of benzene rings is 1. The van der Waals surface area contributed by atoms with Crippen molar-refractivity contribution >= 4 is 16.7 Å². The molecule has 1 aliphatic heterocycles. The lowest BCUT2D eigenvalue weighted by molar-refractivity contribution is -0.154. The van der Waals surface area contributed by atoms with Crippen LogP contribution in [0.2, 0.25) is 0 Å². The Labute approximate surface area is 147 Å². The average Bonchev–Trinajstić information content (AvgIpc) is 2.61. The van der Waals surface area contributed by atoms with Crippen LogP contribution in [0, 0.1) is 11.6 Å². The molecule has 0 radical (unpaired) electrons. The number of aliphatic hydroxyl groups is 1. The molecule has 1 amide bonds. The number of hydrogen-bond acceptors (Lipinski definition) is 5. The van der Waals surface area contributed by atoms with Crippen LogP contribution < -0.4 is 11.3 Å². The summed E-state index contributed by atoms with van der Waals surface area (Å²) >= 11 is 0. The van der Waals surface area contributed by atoms with Crippen LogP contribution in [-0.2, 0) is 16.1 Å². The molecule has 2 atom stereocenters. The van der Waals surface area contributed by atoms with Gasteiger partial charge < -0.3 is 19.7 Å². The summed E-state index contributed by atoms with van der Waals surface area (Å²) in [6.07, 6.45) is -0.0111. The van der Waals surface area contributed by atoms with Crippen molar-refractivity contribution in [3.05, 3.63) is 45.4 Å². The number of aromatic nitrogens is 1. The maximum atomic E-state index is 13.8. The molecule has 0 saturated heterocycles. The molecule has 1 aromatic carbocycles. The van der Waals surface area contributed by atoms with Crippen LogP contribution in [0.1, 0.15) is 30.6 Å². The summed E-state index contributed by atoms with van der Waals surface area (Å²) in [6, 6.07) is 1.02. The molecule has 7 nitrogen and oxygen atoms in total. The maximum absolute atomic E-state index is 13.8. The van der Waals surface area contributed by atoms with Gasteiger partial charge in [0.25, 0.3) is 11.5 Å². The number of carbonyl (C=O) groups excluding carboxylic acids is 1. The zero-order chi connectivity index (χ0) is 19.2. The van der Waals surface area contributed by atoms with Crippen molar-refractivity contribution < 1.29 is 23.4 Å². The second-order valence-electron chi connectivity index (χ2n) is 6.38. The van der Waals surface area contributed by atoms with E-state index in [1.54, 1.807) is 6.92 Å². The van der Waals surface area contributed by atoms with Gasteiger partial charge in [0.05, 0.1) is 24.6 Å². The molecule has 0 spiro atoms. The molecule has 2 heterocycles. The molecule has 0 unspecified atom stereocenters. The fourth-order valence-electron chi connectivity index (χ4n) is 3.15. The number of H-pyrrole nitrogens is 1. The molecule has 1 aromatic heterocycles. The fourth-order valence-corrected chi connectivity index (χ4v) is 3.15. The predicted molar refractivity (Wildman–Crippen MR) is 89.1 cm³/mol. The SMILES string of the molecule is CC[C@](N)(O)C(=O)N(C)[C@@H]1COCc2[nH]c(=O)c3cc(F)c(F)cc3c21. The number of likely N-dealkylation sites (N-methyl/N-ethyl adjacent to an activating group) is 1. The third kappa shape index (κ3) is 2.87. The number of amides is 1. The van der Waals surface area contributed by atoms with Gasteiger partial charge in [0, 0.05) is 18.3 Å². The van der Waals surface area contributed by atoms with Crippen molar-refractivity contribution in [3.63, 3.8) is 0 Å². The number of fused-ring (bicyclic) bond motifs is 3. The number of ether oxygens (including phenoxy) is 1. The quantitative estimate of drug-likeness (QED) is 0.699. The Morgan fingerprint density at radius 2 is 2.04 bits per heavy atom. The normalized spacial score (nSPS) is 19.1. The topological polar surface area (TPSA) is 109 Å². The van der Waals surface area contributed by atoms with E-state index in [2.05, 4.69) is 4.98 Å². The van der Waals surface area contributed by atoms with Gasteiger partial charge in [-0.05, 0) is 23.9 Å². The molecule has 1 aliphatic rings.